The van der Waals surface area contributed by atoms with Crippen LogP contribution < -0.4 is 5.32 Å². The number of carbonyl (C=O) groups excluding carboxylic acids is 1. The van der Waals surface area contributed by atoms with E-state index in [0.717, 1.165) is 57.8 Å². The lowest BCUT2D eigenvalue weighted by molar-refractivity contribution is -0.123. The molecule has 0 rings (SSSR count). The molecule has 62 heavy (non-hydrogen) atoms. The van der Waals surface area contributed by atoms with Crippen molar-refractivity contribution in [3.8, 4) is 0 Å². The molecule has 0 aromatic carbocycles. The van der Waals surface area contributed by atoms with E-state index < -0.39 is 12.1 Å². The monoisotopic (exact) mass is 866 g/mol. The quantitative estimate of drug-likeness (QED) is 0.0421. The number of nitrogens with one attached hydrogen (secondary N) is 1. The molecule has 0 aromatic heterocycles. The molecular formula is C58H107NO3. The number of hydrogen-bond acceptors (Lipinski definition) is 3. The number of unbranched alkanes of at least 4 members (excludes halogenated alkanes) is 33. The van der Waals surface area contributed by atoms with Crippen LogP contribution in [0.3, 0.4) is 0 Å². The van der Waals surface area contributed by atoms with Gasteiger partial charge in [0.2, 0.25) is 5.91 Å². The Morgan fingerprint density at radius 2 is 0.710 bits per heavy atom. The minimum absolute atomic E-state index is 0.0291. The molecule has 0 spiro atoms. The molecule has 0 aliphatic carbocycles. The van der Waals surface area contributed by atoms with E-state index in [1.807, 2.05) is 0 Å². The van der Waals surface area contributed by atoms with Gasteiger partial charge < -0.3 is 15.5 Å². The molecule has 0 saturated heterocycles. The fourth-order valence-electron chi connectivity index (χ4n) is 8.39. The van der Waals surface area contributed by atoms with Gasteiger partial charge in [0.25, 0.3) is 0 Å². The highest BCUT2D eigenvalue weighted by Crippen LogP contribution is 2.17. The Kier molecular flexibility index (Phi) is 51.8. The van der Waals surface area contributed by atoms with Gasteiger partial charge in [-0.15, -0.1) is 0 Å². The third kappa shape index (κ3) is 49.1. The zero-order chi connectivity index (χ0) is 44.9. The van der Waals surface area contributed by atoms with Gasteiger partial charge in [-0.25, -0.2) is 0 Å². The first kappa shape index (κ1) is 60.1. The maximum absolute atomic E-state index is 12.5. The molecule has 0 bridgehead atoms. The van der Waals surface area contributed by atoms with Crippen LogP contribution in [-0.2, 0) is 4.79 Å². The number of amides is 1. The lowest BCUT2D eigenvalue weighted by atomic mass is 10.0. The Labute approximate surface area is 387 Å². The average Bonchev–Trinajstić information content (AvgIpc) is 3.28. The fourth-order valence-corrected chi connectivity index (χ4v) is 8.39. The van der Waals surface area contributed by atoms with Gasteiger partial charge in [0.15, 0.2) is 0 Å². The number of allylic oxidation sites excluding steroid dienone is 10. The maximum atomic E-state index is 12.5. The molecule has 0 fully saturated rings. The third-order valence-corrected chi connectivity index (χ3v) is 12.5. The molecular weight excluding hydrogens is 759 g/mol. The Bertz CT molecular complexity index is 1030. The van der Waals surface area contributed by atoms with Crippen molar-refractivity contribution >= 4 is 5.91 Å². The summed E-state index contributed by atoms with van der Waals surface area (Å²) in [6.45, 7) is 4.26. The molecule has 0 aliphatic rings. The van der Waals surface area contributed by atoms with Crippen molar-refractivity contribution in [1.82, 2.24) is 5.32 Å². The van der Waals surface area contributed by atoms with Crippen LogP contribution in [0.4, 0.5) is 0 Å². The molecule has 362 valence electrons. The smallest absolute Gasteiger partial charge is 0.220 e. The van der Waals surface area contributed by atoms with Crippen molar-refractivity contribution in [2.24, 2.45) is 0 Å². The molecule has 0 heterocycles. The molecule has 0 saturated carbocycles. The molecule has 0 aliphatic heterocycles. The topological polar surface area (TPSA) is 69.6 Å². The second-order valence-electron chi connectivity index (χ2n) is 18.6. The van der Waals surface area contributed by atoms with E-state index in [9.17, 15) is 15.0 Å². The molecule has 2 unspecified atom stereocenters. The van der Waals surface area contributed by atoms with Gasteiger partial charge in [-0.1, -0.05) is 280 Å². The Hall–Kier alpha value is -1.91. The fraction of sp³-hybridized carbons (Fsp3) is 0.810. The molecule has 0 aromatic rings. The molecule has 1 amide bonds. The predicted octanol–water partition coefficient (Wildman–Crippen LogP) is 18.0. The molecule has 4 nitrogen and oxygen atoms in total. The summed E-state index contributed by atoms with van der Waals surface area (Å²) < 4.78 is 0. The summed E-state index contributed by atoms with van der Waals surface area (Å²) in [5, 5.41) is 23.3. The summed E-state index contributed by atoms with van der Waals surface area (Å²) in [7, 11) is 0. The van der Waals surface area contributed by atoms with Crippen molar-refractivity contribution < 1.29 is 15.0 Å². The van der Waals surface area contributed by atoms with Crippen LogP contribution in [0.15, 0.2) is 60.8 Å². The summed E-state index contributed by atoms with van der Waals surface area (Å²) in [5.41, 5.74) is 0. The van der Waals surface area contributed by atoms with Crippen molar-refractivity contribution in [1.29, 1.82) is 0 Å². The van der Waals surface area contributed by atoms with Gasteiger partial charge >= 0.3 is 0 Å². The first-order chi connectivity index (χ1) is 30.7. The van der Waals surface area contributed by atoms with Crippen LogP contribution in [0.25, 0.3) is 0 Å². The standard InChI is InChI=1S/C58H107NO3/c1-3-5-7-9-11-13-15-17-19-21-22-23-24-25-26-27-28-29-30-31-32-33-34-35-36-38-40-42-44-46-48-50-52-54-58(62)59-56(55-60)57(61)53-51-49-47-45-43-41-39-37-20-18-16-14-12-10-8-6-4-2/h5,7,11,13,17,19,22-23,25-26,56-57,60-61H,3-4,6,8-10,12,14-16,18,20-21,24,27-55H2,1-2H3,(H,59,62)/b7-5-,13-11-,19-17-,23-22-,26-25-. The normalized spacial score (nSPS) is 13.3. The molecule has 4 heteroatoms. The third-order valence-electron chi connectivity index (χ3n) is 12.5. The minimum atomic E-state index is -0.660. The average molecular weight is 866 g/mol. The second-order valence-corrected chi connectivity index (χ2v) is 18.6. The molecule has 2 atom stereocenters. The minimum Gasteiger partial charge on any atom is -0.394 e. The summed E-state index contributed by atoms with van der Waals surface area (Å²) in [5.74, 6) is -0.0291. The SMILES string of the molecule is CC/C=C\C/C=C\C/C=C\C/C=C\C/C=C\CCCCCCCCCCCCCCCCCCCC(=O)NC(CO)C(O)CCCCCCCCCCCCCCCCCCC. The number of hydrogen-bond donors (Lipinski definition) is 3. The largest absolute Gasteiger partial charge is 0.394 e. The number of aliphatic hydroxyl groups is 2. The van der Waals surface area contributed by atoms with E-state index in [-0.39, 0.29) is 12.5 Å². The van der Waals surface area contributed by atoms with Gasteiger partial charge in [0, 0.05) is 6.42 Å². The number of rotatable bonds is 50. The van der Waals surface area contributed by atoms with Crippen molar-refractivity contribution in [2.45, 2.75) is 296 Å². The lowest BCUT2D eigenvalue weighted by Crippen LogP contribution is -2.45. The van der Waals surface area contributed by atoms with Gasteiger partial charge in [-0.2, -0.15) is 0 Å². The van der Waals surface area contributed by atoms with E-state index in [0.29, 0.717) is 12.8 Å². The number of aliphatic hydroxyl groups excluding tert-OH is 2. The van der Waals surface area contributed by atoms with Crippen molar-refractivity contribution in [3.05, 3.63) is 60.8 Å². The first-order valence-electron chi connectivity index (χ1n) is 27.5. The zero-order valence-electron chi connectivity index (χ0n) is 41.6. The zero-order valence-corrected chi connectivity index (χ0v) is 41.6. The van der Waals surface area contributed by atoms with Crippen molar-refractivity contribution in [2.75, 3.05) is 6.61 Å². The summed E-state index contributed by atoms with van der Waals surface area (Å²) in [6, 6.07) is -0.537. The Morgan fingerprint density at radius 1 is 0.403 bits per heavy atom. The second kappa shape index (κ2) is 53.4. The van der Waals surface area contributed by atoms with Crippen LogP contribution in [-0.4, -0.2) is 34.9 Å². The van der Waals surface area contributed by atoms with E-state index in [1.54, 1.807) is 0 Å². The van der Waals surface area contributed by atoms with E-state index in [2.05, 4.69) is 79.9 Å². The van der Waals surface area contributed by atoms with E-state index in [4.69, 9.17) is 0 Å². The van der Waals surface area contributed by atoms with Crippen LogP contribution in [0.1, 0.15) is 284 Å². The lowest BCUT2D eigenvalue weighted by Gasteiger charge is -2.22. The van der Waals surface area contributed by atoms with Gasteiger partial charge in [0.1, 0.15) is 0 Å². The first-order valence-corrected chi connectivity index (χ1v) is 27.5. The van der Waals surface area contributed by atoms with E-state index in [1.165, 1.54) is 199 Å². The summed E-state index contributed by atoms with van der Waals surface area (Å²) in [4.78, 5) is 12.5. The maximum Gasteiger partial charge on any atom is 0.220 e. The van der Waals surface area contributed by atoms with E-state index >= 15 is 0 Å². The van der Waals surface area contributed by atoms with Crippen molar-refractivity contribution in [3.63, 3.8) is 0 Å². The highest BCUT2D eigenvalue weighted by Gasteiger charge is 2.20. The number of carbonyl (C=O) groups is 1. The Morgan fingerprint density at radius 3 is 1.06 bits per heavy atom. The van der Waals surface area contributed by atoms with Crippen LogP contribution in [0.2, 0.25) is 0 Å². The summed E-state index contributed by atoms with van der Waals surface area (Å²) in [6.07, 6.45) is 74.9. The molecule has 3 N–H and O–H groups in total. The van der Waals surface area contributed by atoms with Gasteiger partial charge in [0.05, 0.1) is 18.8 Å². The predicted molar refractivity (Wildman–Crippen MR) is 276 cm³/mol. The molecule has 0 radical (unpaired) electrons. The van der Waals surface area contributed by atoms with Crippen LogP contribution in [0, 0.1) is 0 Å². The highest BCUT2D eigenvalue weighted by atomic mass is 16.3. The van der Waals surface area contributed by atoms with Gasteiger partial charge in [-0.05, 0) is 57.8 Å². The summed E-state index contributed by atoms with van der Waals surface area (Å²) >= 11 is 0. The van der Waals surface area contributed by atoms with Gasteiger partial charge in [-0.3, -0.25) is 4.79 Å². The highest BCUT2D eigenvalue weighted by molar-refractivity contribution is 5.76. The Balaban J connectivity index is 3.45. The van der Waals surface area contributed by atoms with Crippen LogP contribution >= 0.6 is 0 Å². The van der Waals surface area contributed by atoms with Crippen LogP contribution in [0.5, 0.6) is 0 Å².